The van der Waals surface area contributed by atoms with Crippen molar-refractivity contribution in [3.8, 4) is 0 Å². The Morgan fingerprint density at radius 3 is 2.88 bits per heavy atom. The van der Waals surface area contributed by atoms with Gasteiger partial charge in [-0.05, 0) is 63.9 Å². The van der Waals surface area contributed by atoms with Crippen molar-refractivity contribution in [1.29, 1.82) is 0 Å². The highest BCUT2D eigenvalue weighted by Crippen LogP contribution is 2.20. The molecule has 1 unspecified atom stereocenters. The molecule has 1 atom stereocenters. The smallest absolute Gasteiger partial charge is 0.0223 e. The summed E-state index contributed by atoms with van der Waals surface area (Å²) < 4.78 is 0. The number of rotatable bonds is 4. The highest BCUT2D eigenvalue weighted by molar-refractivity contribution is 7.98. The second kappa shape index (κ2) is 6.87. The average Bonchev–Trinajstić information content (AvgIpc) is 2.51. The van der Waals surface area contributed by atoms with Crippen molar-refractivity contribution in [2.45, 2.75) is 38.1 Å². The molecule has 3 heteroatoms. The van der Waals surface area contributed by atoms with Crippen LogP contribution in [0.3, 0.4) is 0 Å². The van der Waals surface area contributed by atoms with Crippen LogP contribution in [0.25, 0.3) is 0 Å². The van der Waals surface area contributed by atoms with Crippen LogP contribution in [-0.2, 0) is 0 Å². The quantitative estimate of drug-likeness (QED) is 0.699. The molecule has 2 aliphatic heterocycles. The molecule has 0 N–H and O–H groups in total. The van der Waals surface area contributed by atoms with Crippen LogP contribution in [0.5, 0.6) is 0 Å². The van der Waals surface area contributed by atoms with Gasteiger partial charge in [0.1, 0.15) is 0 Å². The van der Waals surface area contributed by atoms with Crippen LogP contribution in [-0.4, -0.2) is 60.6 Å². The molecule has 2 aliphatic rings. The van der Waals surface area contributed by atoms with Crippen LogP contribution >= 0.6 is 11.8 Å². The fraction of sp³-hybridized carbons (Fsp3) is 1.00. The summed E-state index contributed by atoms with van der Waals surface area (Å²) in [6, 6.07) is 0.880. The van der Waals surface area contributed by atoms with Gasteiger partial charge in [-0.2, -0.15) is 11.8 Å². The fourth-order valence-electron chi connectivity index (χ4n) is 3.08. The van der Waals surface area contributed by atoms with Crippen molar-refractivity contribution >= 4 is 11.8 Å². The van der Waals surface area contributed by atoms with Crippen molar-refractivity contribution in [3.05, 3.63) is 0 Å². The van der Waals surface area contributed by atoms with E-state index in [1.165, 1.54) is 70.6 Å². The molecule has 0 amide bonds. The van der Waals surface area contributed by atoms with Crippen molar-refractivity contribution in [2.24, 2.45) is 0 Å². The Hall–Kier alpha value is 0.270. The Balaban J connectivity index is 1.77. The van der Waals surface area contributed by atoms with E-state index in [9.17, 15) is 0 Å². The summed E-state index contributed by atoms with van der Waals surface area (Å²) >= 11 is 1.98. The second-order valence-corrected chi connectivity index (χ2v) is 6.17. The van der Waals surface area contributed by atoms with E-state index in [1.807, 2.05) is 11.8 Å². The van der Waals surface area contributed by atoms with Gasteiger partial charge in [0.05, 0.1) is 0 Å². The van der Waals surface area contributed by atoms with E-state index in [0.717, 1.165) is 6.04 Å². The minimum Gasteiger partial charge on any atom is -0.302 e. The molecule has 0 radical (unpaired) electrons. The van der Waals surface area contributed by atoms with E-state index >= 15 is 0 Å². The first-order valence-corrected chi connectivity index (χ1v) is 8.25. The maximum Gasteiger partial charge on any atom is 0.0223 e. The van der Waals surface area contributed by atoms with Crippen molar-refractivity contribution < 1.29 is 0 Å². The van der Waals surface area contributed by atoms with E-state index in [2.05, 4.69) is 16.1 Å². The van der Waals surface area contributed by atoms with Crippen LogP contribution < -0.4 is 0 Å². The lowest BCUT2D eigenvalue weighted by Crippen LogP contribution is -2.44. The standard InChI is InChI=1S/C13H26N2S/c1-16-11-5-8-14-7-4-10-15-9-3-2-6-13(15)12-14/h13H,2-12H2,1H3. The van der Waals surface area contributed by atoms with Crippen molar-refractivity contribution in [3.63, 3.8) is 0 Å². The Morgan fingerprint density at radius 1 is 1.12 bits per heavy atom. The van der Waals surface area contributed by atoms with Gasteiger partial charge in [-0.1, -0.05) is 6.42 Å². The SMILES string of the molecule is CSCCCN1CCCN2CCCCC2C1. The Morgan fingerprint density at radius 2 is 2.00 bits per heavy atom. The molecule has 2 heterocycles. The Bertz CT molecular complexity index is 198. The zero-order chi connectivity index (χ0) is 11.2. The molecule has 0 aromatic rings. The number of piperidine rings is 1. The predicted molar refractivity (Wildman–Crippen MR) is 73.3 cm³/mol. The van der Waals surface area contributed by atoms with Gasteiger partial charge in [-0.15, -0.1) is 0 Å². The summed E-state index contributed by atoms with van der Waals surface area (Å²) in [5.74, 6) is 1.32. The monoisotopic (exact) mass is 242 g/mol. The summed E-state index contributed by atoms with van der Waals surface area (Å²) in [6.45, 7) is 6.72. The third-order valence-electron chi connectivity index (χ3n) is 3.96. The first-order valence-electron chi connectivity index (χ1n) is 6.85. The summed E-state index contributed by atoms with van der Waals surface area (Å²) in [6.07, 6.45) is 9.30. The van der Waals surface area contributed by atoms with Gasteiger partial charge in [-0.3, -0.25) is 4.90 Å². The van der Waals surface area contributed by atoms with Crippen LogP contribution in [0.2, 0.25) is 0 Å². The molecule has 94 valence electrons. The molecule has 0 saturated carbocycles. The molecule has 2 saturated heterocycles. The van der Waals surface area contributed by atoms with Gasteiger partial charge in [-0.25, -0.2) is 0 Å². The molecule has 0 aliphatic carbocycles. The molecule has 0 aromatic heterocycles. The number of fused-ring (bicyclic) bond motifs is 1. The van der Waals surface area contributed by atoms with E-state index < -0.39 is 0 Å². The maximum absolute atomic E-state index is 2.75. The van der Waals surface area contributed by atoms with Gasteiger partial charge < -0.3 is 4.90 Å². The molecular formula is C13H26N2S. The van der Waals surface area contributed by atoms with Gasteiger partial charge in [0.15, 0.2) is 0 Å². The van der Waals surface area contributed by atoms with E-state index in [1.54, 1.807) is 0 Å². The minimum absolute atomic E-state index is 0.880. The average molecular weight is 242 g/mol. The normalized spacial score (nSPS) is 28.7. The summed E-state index contributed by atoms with van der Waals surface area (Å²) in [4.78, 5) is 5.46. The van der Waals surface area contributed by atoms with Gasteiger partial charge >= 0.3 is 0 Å². The van der Waals surface area contributed by atoms with E-state index in [0.29, 0.717) is 0 Å². The van der Waals surface area contributed by atoms with Crippen molar-refractivity contribution in [2.75, 3.05) is 44.7 Å². The minimum atomic E-state index is 0.880. The second-order valence-electron chi connectivity index (χ2n) is 5.19. The molecule has 0 spiro atoms. The lowest BCUT2D eigenvalue weighted by Gasteiger charge is -2.35. The molecule has 2 rings (SSSR count). The van der Waals surface area contributed by atoms with Gasteiger partial charge in [0, 0.05) is 12.6 Å². The predicted octanol–water partition coefficient (Wildman–Crippen LogP) is 2.30. The molecule has 2 nitrogen and oxygen atoms in total. The number of hydrogen-bond donors (Lipinski definition) is 0. The topological polar surface area (TPSA) is 6.48 Å². The molecule has 0 bridgehead atoms. The highest BCUT2D eigenvalue weighted by Gasteiger charge is 2.26. The molecule has 0 aromatic carbocycles. The van der Waals surface area contributed by atoms with Crippen molar-refractivity contribution in [1.82, 2.24) is 9.80 Å². The summed E-state index contributed by atoms with van der Waals surface area (Å²) in [5.41, 5.74) is 0. The van der Waals surface area contributed by atoms with Crippen LogP contribution in [0.1, 0.15) is 32.1 Å². The zero-order valence-electron chi connectivity index (χ0n) is 10.7. The van der Waals surface area contributed by atoms with Crippen LogP contribution in [0.4, 0.5) is 0 Å². The maximum atomic E-state index is 2.75. The summed E-state index contributed by atoms with van der Waals surface area (Å²) in [7, 11) is 0. The largest absolute Gasteiger partial charge is 0.302 e. The molecular weight excluding hydrogens is 216 g/mol. The third-order valence-corrected chi connectivity index (χ3v) is 4.66. The number of nitrogens with zero attached hydrogens (tertiary/aromatic N) is 2. The van der Waals surface area contributed by atoms with Gasteiger partial charge in [0.2, 0.25) is 0 Å². The first kappa shape index (κ1) is 12.7. The highest BCUT2D eigenvalue weighted by atomic mass is 32.2. The van der Waals surface area contributed by atoms with E-state index in [4.69, 9.17) is 0 Å². The zero-order valence-corrected chi connectivity index (χ0v) is 11.5. The number of thioether (sulfide) groups is 1. The Labute approximate surface area is 105 Å². The first-order chi connectivity index (χ1) is 7.90. The fourth-order valence-corrected chi connectivity index (χ4v) is 3.50. The number of hydrogen-bond acceptors (Lipinski definition) is 3. The molecule has 16 heavy (non-hydrogen) atoms. The van der Waals surface area contributed by atoms with Gasteiger partial charge in [0.25, 0.3) is 0 Å². The summed E-state index contributed by atoms with van der Waals surface area (Å²) in [5, 5.41) is 0. The molecule has 2 fully saturated rings. The third kappa shape index (κ3) is 3.64. The van der Waals surface area contributed by atoms with E-state index in [-0.39, 0.29) is 0 Å². The lowest BCUT2D eigenvalue weighted by atomic mass is 10.0. The Kier molecular flexibility index (Phi) is 5.46. The van der Waals surface area contributed by atoms with Crippen LogP contribution in [0, 0.1) is 0 Å². The van der Waals surface area contributed by atoms with Crippen LogP contribution in [0.15, 0.2) is 0 Å². The lowest BCUT2D eigenvalue weighted by molar-refractivity contribution is 0.137.